The maximum Gasteiger partial charge on any atom is 0.313 e. The van der Waals surface area contributed by atoms with Crippen LogP contribution in [0.3, 0.4) is 0 Å². The number of benzene rings is 1. The van der Waals surface area contributed by atoms with Crippen LogP contribution in [0.2, 0.25) is 5.02 Å². The van der Waals surface area contributed by atoms with E-state index >= 15 is 0 Å². The first-order valence-electron chi connectivity index (χ1n) is 6.83. The van der Waals surface area contributed by atoms with E-state index in [-0.39, 0.29) is 5.92 Å². The fourth-order valence-electron chi connectivity index (χ4n) is 1.93. The summed E-state index contributed by atoms with van der Waals surface area (Å²) in [7, 11) is 0. The van der Waals surface area contributed by atoms with Crippen LogP contribution in [-0.4, -0.2) is 29.6 Å². The number of carbonyl (C=O) groups is 2. The Morgan fingerprint density at radius 2 is 1.95 bits per heavy atom. The van der Waals surface area contributed by atoms with Gasteiger partial charge in [-0.05, 0) is 43.9 Å². The Labute approximate surface area is 129 Å². The van der Waals surface area contributed by atoms with E-state index in [1.807, 2.05) is 19.9 Å². The number of hydrogen-bond acceptors (Lipinski definition) is 3. The van der Waals surface area contributed by atoms with E-state index < -0.39 is 17.9 Å². The van der Waals surface area contributed by atoms with E-state index in [1.54, 1.807) is 19.1 Å². The Balaban J connectivity index is 2.51. The van der Waals surface area contributed by atoms with Crippen molar-refractivity contribution in [3.63, 3.8) is 0 Å². The summed E-state index contributed by atoms with van der Waals surface area (Å²) < 4.78 is 0. The Morgan fingerprint density at radius 3 is 2.57 bits per heavy atom. The first-order valence-corrected chi connectivity index (χ1v) is 7.20. The summed E-state index contributed by atoms with van der Waals surface area (Å²) in [6.07, 6.45) is 0.128. The van der Waals surface area contributed by atoms with Crippen LogP contribution in [0.1, 0.15) is 25.8 Å². The molecule has 1 rings (SSSR count). The summed E-state index contributed by atoms with van der Waals surface area (Å²) >= 11 is 5.96. The molecule has 2 atom stereocenters. The van der Waals surface area contributed by atoms with Crippen LogP contribution < -0.4 is 10.6 Å². The minimum Gasteiger partial charge on any atom is -0.393 e. The Bertz CT molecular complexity index is 518. The molecule has 0 bridgehead atoms. The van der Waals surface area contributed by atoms with Crippen molar-refractivity contribution in [3.8, 4) is 0 Å². The van der Waals surface area contributed by atoms with Gasteiger partial charge in [-0.15, -0.1) is 0 Å². The van der Waals surface area contributed by atoms with Crippen molar-refractivity contribution in [2.75, 3.05) is 11.9 Å². The number of carbonyl (C=O) groups excluding carboxylic acids is 2. The molecule has 0 aliphatic carbocycles. The molecule has 0 aliphatic rings. The second kappa shape index (κ2) is 8.00. The lowest BCUT2D eigenvalue weighted by molar-refractivity contribution is -0.136. The van der Waals surface area contributed by atoms with E-state index in [4.69, 9.17) is 11.6 Å². The predicted octanol–water partition coefficient (Wildman–Crippen LogP) is 2.11. The molecule has 0 aromatic heterocycles. The zero-order chi connectivity index (χ0) is 16.0. The van der Waals surface area contributed by atoms with Crippen LogP contribution in [0.4, 0.5) is 5.69 Å². The SMILES string of the molecule is Cc1ccc(Cl)c(NC(=O)C(=O)NCC(C)CC(C)O)c1. The standard InChI is InChI=1S/C15H21ClN2O3/c1-9-4-5-12(16)13(7-9)18-15(21)14(20)17-8-10(2)6-11(3)19/h4-5,7,10-11,19H,6,8H2,1-3H3,(H,17,20)(H,18,21). The zero-order valence-electron chi connectivity index (χ0n) is 12.4. The molecule has 0 saturated heterocycles. The Hall–Kier alpha value is -1.59. The van der Waals surface area contributed by atoms with E-state index in [1.165, 1.54) is 0 Å². The van der Waals surface area contributed by atoms with Gasteiger partial charge in [0.1, 0.15) is 0 Å². The van der Waals surface area contributed by atoms with Crippen LogP contribution in [0.15, 0.2) is 18.2 Å². The van der Waals surface area contributed by atoms with Gasteiger partial charge in [-0.25, -0.2) is 0 Å². The summed E-state index contributed by atoms with van der Waals surface area (Å²) in [4.78, 5) is 23.5. The average molecular weight is 313 g/mol. The van der Waals surface area contributed by atoms with Gasteiger partial charge in [0, 0.05) is 6.54 Å². The van der Waals surface area contributed by atoms with Gasteiger partial charge in [-0.1, -0.05) is 24.6 Å². The maximum absolute atomic E-state index is 11.8. The summed E-state index contributed by atoms with van der Waals surface area (Å²) in [5.41, 5.74) is 1.34. The van der Waals surface area contributed by atoms with Crippen molar-refractivity contribution >= 4 is 29.1 Å². The van der Waals surface area contributed by atoms with Crippen molar-refractivity contribution in [2.24, 2.45) is 5.92 Å². The van der Waals surface area contributed by atoms with E-state index in [9.17, 15) is 14.7 Å². The smallest absolute Gasteiger partial charge is 0.313 e. The molecule has 6 heteroatoms. The molecule has 21 heavy (non-hydrogen) atoms. The first kappa shape index (κ1) is 17.5. The molecular weight excluding hydrogens is 292 g/mol. The second-order valence-electron chi connectivity index (χ2n) is 5.34. The van der Waals surface area contributed by atoms with Crippen LogP contribution in [0.5, 0.6) is 0 Å². The van der Waals surface area contributed by atoms with Crippen molar-refractivity contribution in [1.82, 2.24) is 5.32 Å². The number of hydrogen-bond donors (Lipinski definition) is 3. The van der Waals surface area contributed by atoms with Crippen molar-refractivity contribution < 1.29 is 14.7 Å². The lowest BCUT2D eigenvalue weighted by Gasteiger charge is -2.14. The molecule has 2 amide bonds. The summed E-state index contributed by atoms with van der Waals surface area (Å²) in [6, 6.07) is 5.18. The third kappa shape index (κ3) is 6.14. The number of nitrogens with one attached hydrogen (secondary N) is 2. The number of rotatable bonds is 5. The minimum absolute atomic E-state index is 0.0873. The van der Waals surface area contributed by atoms with Gasteiger partial charge in [-0.3, -0.25) is 9.59 Å². The average Bonchev–Trinajstić information content (AvgIpc) is 2.39. The minimum atomic E-state index is -0.758. The number of anilines is 1. The van der Waals surface area contributed by atoms with Gasteiger partial charge in [0.15, 0.2) is 0 Å². The highest BCUT2D eigenvalue weighted by Crippen LogP contribution is 2.22. The van der Waals surface area contributed by atoms with E-state index in [0.717, 1.165) is 5.56 Å². The topological polar surface area (TPSA) is 78.4 Å². The van der Waals surface area contributed by atoms with Crippen LogP contribution >= 0.6 is 11.6 Å². The van der Waals surface area contributed by atoms with Crippen LogP contribution in [-0.2, 0) is 9.59 Å². The molecule has 0 spiro atoms. The second-order valence-corrected chi connectivity index (χ2v) is 5.74. The molecule has 2 unspecified atom stereocenters. The van der Waals surface area contributed by atoms with Gasteiger partial charge in [0.25, 0.3) is 0 Å². The zero-order valence-corrected chi connectivity index (χ0v) is 13.2. The lowest BCUT2D eigenvalue weighted by Crippen LogP contribution is -2.38. The van der Waals surface area contributed by atoms with Crippen LogP contribution in [0.25, 0.3) is 0 Å². The summed E-state index contributed by atoms with van der Waals surface area (Å²) in [5, 5.41) is 14.6. The molecule has 0 aliphatic heterocycles. The normalized spacial score (nSPS) is 13.4. The molecule has 1 aromatic carbocycles. The van der Waals surface area contributed by atoms with Gasteiger partial charge in [0.05, 0.1) is 16.8 Å². The van der Waals surface area contributed by atoms with E-state index in [2.05, 4.69) is 10.6 Å². The van der Waals surface area contributed by atoms with Gasteiger partial charge in [-0.2, -0.15) is 0 Å². The van der Waals surface area contributed by atoms with E-state index in [0.29, 0.717) is 23.7 Å². The van der Waals surface area contributed by atoms with Gasteiger partial charge in [0.2, 0.25) is 0 Å². The summed E-state index contributed by atoms with van der Waals surface area (Å²) in [5.74, 6) is -1.39. The quantitative estimate of drug-likeness (QED) is 0.729. The fourth-order valence-corrected chi connectivity index (χ4v) is 2.09. The summed E-state index contributed by atoms with van der Waals surface area (Å²) in [6.45, 7) is 5.77. The predicted molar refractivity (Wildman–Crippen MR) is 83.3 cm³/mol. The molecular formula is C15H21ClN2O3. The molecule has 0 saturated carbocycles. The van der Waals surface area contributed by atoms with Crippen molar-refractivity contribution in [3.05, 3.63) is 28.8 Å². The molecule has 5 nitrogen and oxygen atoms in total. The number of aryl methyl sites for hydroxylation is 1. The number of aliphatic hydroxyl groups excluding tert-OH is 1. The molecule has 0 fully saturated rings. The largest absolute Gasteiger partial charge is 0.393 e. The highest BCUT2D eigenvalue weighted by Gasteiger charge is 2.16. The van der Waals surface area contributed by atoms with Crippen molar-refractivity contribution in [1.29, 1.82) is 0 Å². The van der Waals surface area contributed by atoms with Crippen molar-refractivity contribution in [2.45, 2.75) is 33.3 Å². The number of aliphatic hydroxyl groups is 1. The lowest BCUT2D eigenvalue weighted by atomic mass is 10.0. The van der Waals surface area contributed by atoms with Gasteiger partial charge < -0.3 is 15.7 Å². The Kier molecular flexibility index (Phi) is 6.65. The molecule has 0 radical (unpaired) electrons. The number of halogens is 1. The third-order valence-corrected chi connectivity index (χ3v) is 3.26. The Morgan fingerprint density at radius 1 is 1.29 bits per heavy atom. The molecule has 116 valence electrons. The third-order valence-electron chi connectivity index (χ3n) is 2.93. The highest BCUT2D eigenvalue weighted by molar-refractivity contribution is 6.41. The first-order chi connectivity index (χ1) is 9.79. The van der Waals surface area contributed by atoms with Gasteiger partial charge >= 0.3 is 11.8 Å². The van der Waals surface area contributed by atoms with Crippen LogP contribution in [0, 0.1) is 12.8 Å². The number of amides is 2. The molecule has 1 aromatic rings. The molecule has 0 heterocycles. The maximum atomic E-state index is 11.8. The fraction of sp³-hybridized carbons (Fsp3) is 0.467. The highest BCUT2D eigenvalue weighted by atomic mass is 35.5. The molecule has 3 N–H and O–H groups in total. The monoisotopic (exact) mass is 312 g/mol.